The number of rotatable bonds is 3. The van der Waals surface area contributed by atoms with E-state index in [1.165, 1.54) is 27.6 Å². The zero-order valence-electron chi connectivity index (χ0n) is 25.4. The fourth-order valence-corrected chi connectivity index (χ4v) is 7.62. The molecule has 3 aromatic heterocycles. The highest BCUT2D eigenvalue weighted by molar-refractivity contribution is 6.18. The van der Waals surface area contributed by atoms with Gasteiger partial charge in [0.05, 0.1) is 5.56 Å². The molecule has 0 fully saturated rings. The van der Waals surface area contributed by atoms with Crippen molar-refractivity contribution in [3.05, 3.63) is 140 Å². The molecule has 7 aromatic carbocycles. The highest BCUT2D eigenvalue weighted by Gasteiger charge is 2.25. The molecule has 0 saturated heterocycles. The van der Waals surface area contributed by atoms with E-state index in [2.05, 4.69) is 78.9 Å². The summed E-state index contributed by atoms with van der Waals surface area (Å²) in [4.78, 5) is 15.7. The van der Waals surface area contributed by atoms with Crippen molar-refractivity contribution in [2.75, 3.05) is 0 Å². The second kappa shape index (κ2) is 9.47. The molecule has 3 heterocycles. The molecule has 0 bridgehead atoms. The fourth-order valence-electron chi connectivity index (χ4n) is 7.62. The molecule has 11 rings (SSSR count). The van der Waals surface area contributed by atoms with E-state index >= 15 is 0 Å². The van der Waals surface area contributed by atoms with Gasteiger partial charge in [-0.2, -0.15) is 0 Å². The Morgan fingerprint density at radius 2 is 0.792 bits per heavy atom. The van der Waals surface area contributed by atoms with E-state index in [0.717, 1.165) is 66.0 Å². The number of fused-ring (bicyclic) bond motifs is 9. The Morgan fingerprint density at radius 1 is 0.292 bits per heavy atom. The summed E-state index contributed by atoms with van der Waals surface area (Å²) in [5.74, 6) is 1.73. The lowest BCUT2D eigenvalue weighted by Crippen LogP contribution is -2.01. The van der Waals surface area contributed by atoms with Crippen LogP contribution in [0, 0.1) is 0 Å². The smallest absolute Gasteiger partial charge is 0.167 e. The van der Waals surface area contributed by atoms with Crippen LogP contribution in [0.2, 0.25) is 0 Å². The Balaban J connectivity index is 1.23. The van der Waals surface area contributed by atoms with E-state index in [9.17, 15) is 0 Å². The number of nitrogens with zero attached hydrogens (tertiary/aromatic N) is 3. The SMILES string of the molecule is c1ccc2c(c1)-c1cccc3c(-c4nc(-c5cccc6c5oc5ccccc56)nc(-c5cccc6oc7ccccc7c56)n4)ccc-2c13. The summed E-state index contributed by atoms with van der Waals surface area (Å²) in [5, 5.41) is 6.42. The number of furan rings is 2. The molecule has 0 aliphatic heterocycles. The lowest BCUT2D eigenvalue weighted by Gasteiger charge is -2.12. The van der Waals surface area contributed by atoms with Gasteiger partial charge in [0.25, 0.3) is 0 Å². The third kappa shape index (κ3) is 3.47. The average molecular weight is 614 g/mol. The Morgan fingerprint density at radius 3 is 1.60 bits per heavy atom. The minimum Gasteiger partial charge on any atom is -0.456 e. The largest absolute Gasteiger partial charge is 0.456 e. The van der Waals surface area contributed by atoms with Gasteiger partial charge >= 0.3 is 0 Å². The van der Waals surface area contributed by atoms with Crippen molar-refractivity contribution in [1.29, 1.82) is 0 Å². The second-order valence-electron chi connectivity index (χ2n) is 12.3. The van der Waals surface area contributed by atoms with Crippen LogP contribution < -0.4 is 0 Å². The van der Waals surface area contributed by atoms with E-state index in [4.69, 9.17) is 23.8 Å². The van der Waals surface area contributed by atoms with Gasteiger partial charge in [-0.3, -0.25) is 0 Å². The molecule has 0 unspecified atom stereocenters. The number of hydrogen-bond acceptors (Lipinski definition) is 5. The molecule has 48 heavy (non-hydrogen) atoms. The lowest BCUT2D eigenvalue weighted by molar-refractivity contribution is 0.668. The van der Waals surface area contributed by atoms with Crippen molar-refractivity contribution < 1.29 is 8.83 Å². The van der Waals surface area contributed by atoms with Gasteiger partial charge in [-0.05, 0) is 63.4 Å². The van der Waals surface area contributed by atoms with E-state index in [-0.39, 0.29) is 0 Å². The molecule has 5 nitrogen and oxygen atoms in total. The summed E-state index contributed by atoms with van der Waals surface area (Å²) in [6, 6.07) is 47.9. The molecule has 1 aliphatic rings. The molecule has 0 saturated carbocycles. The molecular weight excluding hydrogens is 590 g/mol. The Kier molecular flexibility index (Phi) is 5.05. The summed E-state index contributed by atoms with van der Waals surface area (Å²) in [6.07, 6.45) is 0. The predicted octanol–water partition coefficient (Wildman–Crippen LogP) is 11.5. The minimum atomic E-state index is 0.552. The highest BCUT2D eigenvalue weighted by atomic mass is 16.3. The van der Waals surface area contributed by atoms with Crippen LogP contribution in [0.3, 0.4) is 0 Å². The Hall–Kier alpha value is -6.59. The third-order valence-corrected chi connectivity index (χ3v) is 9.71. The quantitative estimate of drug-likeness (QED) is 0.198. The predicted molar refractivity (Wildman–Crippen MR) is 193 cm³/mol. The molecule has 0 radical (unpaired) electrons. The molecule has 10 aromatic rings. The fraction of sp³-hybridized carbons (Fsp3) is 0. The number of benzene rings is 7. The van der Waals surface area contributed by atoms with Crippen LogP contribution in [-0.2, 0) is 0 Å². The zero-order chi connectivity index (χ0) is 31.3. The molecule has 0 spiro atoms. The maximum atomic E-state index is 6.48. The number of hydrogen-bond donors (Lipinski definition) is 0. The lowest BCUT2D eigenvalue weighted by atomic mass is 9.98. The first-order valence-corrected chi connectivity index (χ1v) is 16.0. The summed E-state index contributed by atoms with van der Waals surface area (Å²) in [5.41, 5.74) is 10.8. The van der Waals surface area contributed by atoms with Crippen LogP contribution in [0.25, 0.3) is 111 Å². The summed E-state index contributed by atoms with van der Waals surface area (Å²) in [7, 11) is 0. The summed E-state index contributed by atoms with van der Waals surface area (Å²) < 4.78 is 12.7. The van der Waals surface area contributed by atoms with Crippen LogP contribution in [0.1, 0.15) is 0 Å². The Bertz CT molecular complexity index is 2940. The van der Waals surface area contributed by atoms with Gasteiger partial charge in [0.2, 0.25) is 0 Å². The standard InChI is InChI=1S/C43H23N3O2/c1-2-11-25-24(10-1)27-14-7-15-28-31(23-22-29(25)38(27)28)41-44-42(33-17-9-21-37-39(33)32-13-4-6-20-36(32)47-37)46-43(45-41)34-18-8-16-30-26-12-3-5-19-35(26)48-40(30)34/h1-23H. The van der Waals surface area contributed by atoms with Crippen molar-refractivity contribution in [2.45, 2.75) is 0 Å². The van der Waals surface area contributed by atoms with Crippen molar-refractivity contribution in [1.82, 2.24) is 15.0 Å². The third-order valence-electron chi connectivity index (χ3n) is 9.71. The van der Waals surface area contributed by atoms with Crippen LogP contribution in [-0.4, -0.2) is 15.0 Å². The first-order valence-electron chi connectivity index (χ1n) is 16.0. The molecule has 222 valence electrons. The van der Waals surface area contributed by atoms with Gasteiger partial charge in [0, 0.05) is 32.7 Å². The molecule has 0 N–H and O–H groups in total. The molecule has 1 aliphatic carbocycles. The normalized spacial score (nSPS) is 12.2. The summed E-state index contributed by atoms with van der Waals surface area (Å²) >= 11 is 0. The first kappa shape index (κ1) is 25.6. The topological polar surface area (TPSA) is 65.0 Å². The van der Waals surface area contributed by atoms with E-state index in [1.807, 2.05) is 60.7 Å². The maximum absolute atomic E-state index is 6.48. The van der Waals surface area contributed by atoms with E-state index in [1.54, 1.807) is 0 Å². The highest BCUT2D eigenvalue weighted by Crippen LogP contribution is 2.49. The minimum absolute atomic E-state index is 0.552. The molecule has 5 heteroatoms. The van der Waals surface area contributed by atoms with Crippen molar-refractivity contribution in [3.63, 3.8) is 0 Å². The van der Waals surface area contributed by atoms with Crippen molar-refractivity contribution >= 4 is 54.6 Å². The summed E-state index contributed by atoms with van der Waals surface area (Å²) in [6.45, 7) is 0. The van der Waals surface area contributed by atoms with Gasteiger partial charge < -0.3 is 8.83 Å². The van der Waals surface area contributed by atoms with Gasteiger partial charge in [0.15, 0.2) is 17.5 Å². The second-order valence-corrected chi connectivity index (χ2v) is 12.3. The van der Waals surface area contributed by atoms with E-state index < -0.39 is 0 Å². The van der Waals surface area contributed by atoms with E-state index in [0.29, 0.717) is 17.5 Å². The van der Waals surface area contributed by atoms with Gasteiger partial charge in [-0.15, -0.1) is 0 Å². The maximum Gasteiger partial charge on any atom is 0.167 e. The van der Waals surface area contributed by atoms with Crippen molar-refractivity contribution in [3.8, 4) is 56.4 Å². The van der Waals surface area contributed by atoms with Crippen molar-refractivity contribution in [2.24, 2.45) is 0 Å². The zero-order valence-corrected chi connectivity index (χ0v) is 25.4. The number of para-hydroxylation sites is 3. The van der Waals surface area contributed by atoms with Gasteiger partial charge in [-0.1, -0.05) is 109 Å². The van der Waals surface area contributed by atoms with Crippen LogP contribution in [0.5, 0.6) is 0 Å². The molecule has 0 atom stereocenters. The number of aromatic nitrogens is 3. The Labute approximate surface area is 273 Å². The van der Waals surface area contributed by atoms with Crippen LogP contribution in [0.15, 0.2) is 148 Å². The van der Waals surface area contributed by atoms with Crippen LogP contribution >= 0.6 is 0 Å². The van der Waals surface area contributed by atoms with Gasteiger partial charge in [-0.25, -0.2) is 15.0 Å². The van der Waals surface area contributed by atoms with Crippen LogP contribution in [0.4, 0.5) is 0 Å². The monoisotopic (exact) mass is 613 g/mol. The molecular formula is C43H23N3O2. The average Bonchev–Trinajstić information content (AvgIpc) is 3.82. The first-order chi connectivity index (χ1) is 23.8. The van der Waals surface area contributed by atoms with Gasteiger partial charge in [0.1, 0.15) is 22.3 Å². The molecule has 0 amide bonds.